The van der Waals surface area contributed by atoms with Gasteiger partial charge in [-0.15, -0.1) is 0 Å². The summed E-state index contributed by atoms with van der Waals surface area (Å²) in [5, 5.41) is 0. The van der Waals surface area contributed by atoms with Crippen molar-refractivity contribution in [3.05, 3.63) is 43.0 Å². The number of benzene rings is 1. The van der Waals surface area contributed by atoms with Gasteiger partial charge in [-0.05, 0) is 24.3 Å². The van der Waals surface area contributed by atoms with Gasteiger partial charge in [-0.3, -0.25) is 0 Å². The van der Waals surface area contributed by atoms with Crippen LogP contribution in [-0.4, -0.2) is 10.9 Å². The quantitative estimate of drug-likeness (QED) is 0.369. The zero-order valence-corrected chi connectivity index (χ0v) is 8.09. The third kappa shape index (κ3) is 2.14. The molecule has 0 radical (unpaired) electrons. The average molecular weight is 202 g/mol. The summed E-state index contributed by atoms with van der Waals surface area (Å²) in [5.41, 5.74) is 12.3. The molecule has 1 heterocycles. The molecule has 0 amide bonds. The van der Waals surface area contributed by atoms with Gasteiger partial charge in [-0.2, -0.15) is 0 Å². The summed E-state index contributed by atoms with van der Waals surface area (Å²) in [7, 11) is 0. The second kappa shape index (κ2) is 3.83. The molecule has 0 spiro atoms. The van der Waals surface area contributed by atoms with Gasteiger partial charge in [0.25, 0.3) is 0 Å². The first-order chi connectivity index (χ1) is 7.25. The molecule has 5 nitrogen and oxygen atoms in total. The number of rotatable bonds is 2. The van der Waals surface area contributed by atoms with Crippen molar-refractivity contribution >= 4 is 11.6 Å². The first-order valence-electron chi connectivity index (χ1n) is 4.50. The Morgan fingerprint density at radius 2 is 1.93 bits per heavy atom. The number of hydrogen-bond donors (Lipinski definition) is 3. The van der Waals surface area contributed by atoms with E-state index in [4.69, 9.17) is 11.5 Å². The fourth-order valence-corrected chi connectivity index (χ4v) is 1.30. The summed E-state index contributed by atoms with van der Waals surface area (Å²) in [6.07, 6.45) is 5.63. The number of nitrogens with two attached hydrogens (primary N) is 2. The molecule has 0 fully saturated rings. The second-order valence-electron chi connectivity index (χ2n) is 3.07. The van der Waals surface area contributed by atoms with Crippen molar-refractivity contribution in [2.45, 2.75) is 0 Å². The Hall–Kier alpha value is -2.30. The van der Waals surface area contributed by atoms with Crippen LogP contribution in [0, 0.1) is 0 Å². The van der Waals surface area contributed by atoms with Gasteiger partial charge in [0.15, 0.2) is 5.96 Å². The third-order valence-corrected chi connectivity index (χ3v) is 1.95. The Labute approximate surface area is 87.1 Å². The van der Waals surface area contributed by atoms with Crippen LogP contribution in [0.25, 0.3) is 5.69 Å². The molecule has 2 aromatic rings. The summed E-state index contributed by atoms with van der Waals surface area (Å²) in [6.45, 7) is 0. The van der Waals surface area contributed by atoms with Crippen molar-refractivity contribution in [2.24, 2.45) is 16.5 Å². The lowest BCUT2D eigenvalue weighted by Gasteiger charge is -1.97. The van der Waals surface area contributed by atoms with E-state index >= 15 is 0 Å². The van der Waals surface area contributed by atoms with Crippen LogP contribution in [0.2, 0.25) is 0 Å². The maximum absolute atomic E-state index is 5.27. The SMILES string of the molecule is NC(N)=Nc1ccc(-[n+]2cc[nH]c2)cc1. The largest absolute Gasteiger partial charge is 0.370 e. The van der Waals surface area contributed by atoms with Crippen LogP contribution in [-0.2, 0) is 0 Å². The number of aromatic nitrogens is 2. The number of nitrogens with zero attached hydrogens (tertiary/aromatic N) is 2. The highest BCUT2D eigenvalue weighted by Gasteiger charge is 2.00. The molecule has 1 aromatic heterocycles. The molecular weight excluding hydrogens is 190 g/mol. The Balaban J connectivity index is 2.29. The van der Waals surface area contributed by atoms with Gasteiger partial charge in [-0.25, -0.2) is 14.5 Å². The van der Waals surface area contributed by atoms with E-state index in [2.05, 4.69) is 9.98 Å². The maximum Gasteiger partial charge on any atom is 0.246 e. The highest BCUT2D eigenvalue weighted by Crippen LogP contribution is 2.12. The zero-order valence-electron chi connectivity index (χ0n) is 8.09. The summed E-state index contributed by atoms with van der Waals surface area (Å²) in [6, 6.07) is 7.59. The van der Waals surface area contributed by atoms with E-state index in [1.165, 1.54) is 0 Å². The molecule has 0 aliphatic carbocycles. The first kappa shape index (κ1) is 9.26. The van der Waals surface area contributed by atoms with Crippen LogP contribution in [0.3, 0.4) is 0 Å². The van der Waals surface area contributed by atoms with E-state index in [9.17, 15) is 0 Å². The van der Waals surface area contributed by atoms with Crippen molar-refractivity contribution < 1.29 is 4.57 Å². The molecule has 2 rings (SSSR count). The third-order valence-electron chi connectivity index (χ3n) is 1.95. The predicted octanol–water partition coefficient (Wildman–Crippen LogP) is 0.196. The van der Waals surface area contributed by atoms with E-state index in [0.29, 0.717) is 0 Å². The van der Waals surface area contributed by atoms with Crippen LogP contribution in [0.1, 0.15) is 0 Å². The molecule has 0 aliphatic rings. The Kier molecular flexibility index (Phi) is 2.37. The highest BCUT2D eigenvalue weighted by molar-refractivity contribution is 5.78. The first-order valence-corrected chi connectivity index (χ1v) is 4.50. The lowest BCUT2D eigenvalue weighted by atomic mass is 10.3. The maximum atomic E-state index is 5.27. The smallest absolute Gasteiger partial charge is 0.246 e. The summed E-state index contributed by atoms with van der Waals surface area (Å²) >= 11 is 0. The molecule has 1 aromatic carbocycles. The Bertz CT molecular complexity index is 451. The molecule has 0 saturated heterocycles. The Morgan fingerprint density at radius 3 is 2.47 bits per heavy atom. The van der Waals surface area contributed by atoms with Gasteiger partial charge in [0.05, 0.1) is 5.69 Å². The molecular formula is C10H12N5+. The number of aromatic amines is 1. The van der Waals surface area contributed by atoms with Crippen molar-refractivity contribution in [1.29, 1.82) is 0 Å². The summed E-state index contributed by atoms with van der Waals surface area (Å²) in [5.74, 6) is 0.0667. The molecule has 15 heavy (non-hydrogen) atoms. The van der Waals surface area contributed by atoms with Crippen molar-refractivity contribution in [3.8, 4) is 5.69 Å². The van der Waals surface area contributed by atoms with E-state index < -0.39 is 0 Å². The van der Waals surface area contributed by atoms with Crippen LogP contribution >= 0.6 is 0 Å². The zero-order chi connectivity index (χ0) is 10.7. The minimum atomic E-state index is 0.0667. The molecule has 0 saturated carbocycles. The van der Waals surface area contributed by atoms with Crippen LogP contribution in [0.4, 0.5) is 5.69 Å². The van der Waals surface area contributed by atoms with E-state index in [1.807, 2.05) is 47.6 Å². The molecule has 76 valence electrons. The van der Waals surface area contributed by atoms with E-state index in [-0.39, 0.29) is 5.96 Å². The Morgan fingerprint density at radius 1 is 1.20 bits per heavy atom. The highest BCUT2D eigenvalue weighted by atomic mass is 15.0. The van der Waals surface area contributed by atoms with Gasteiger partial charge in [0, 0.05) is 0 Å². The lowest BCUT2D eigenvalue weighted by molar-refractivity contribution is -0.594. The molecule has 5 N–H and O–H groups in total. The predicted molar refractivity (Wildman–Crippen MR) is 57.8 cm³/mol. The average Bonchev–Trinajstić information content (AvgIpc) is 2.71. The number of aliphatic imine (C=N–C) groups is 1. The monoisotopic (exact) mass is 202 g/mol. The fourth-order valence-electron chi connectivity index (χ4n) is 1.30. The van der Waals surface area contributed by atoms with Crippen LogP contribution < -0.4 is 16.0 Å². The topological polar surface area (TPSA) is 84.1 Å². The molecule has 5 heteroatoms. The fraction of sp³-hybridized carbons (Fsp3) is 0. The van der Waals surface area contributed by atoms with Gasteiger partial charge in [-0.1, -0.05) is 0 Å². The number of imidazole rings is 1. The normalized spacial score (nSPS) is 9.87. The van der Waals surface area contributed by atoms with Crippen molar-refractivity contribution in [1.82, 2.24) is 4.98 Å². The van der Waals surface area contributed by atoms with Gasteiger partial charge in [0.1, 0.15) is 18.1 Å². The van der Waals surface area contributed by atoms with Gasteiger partial charge >= 0.3 is 0 Å². The van der Waals surface area contributed by atoms with Gasteiger partial charge < -0.3 is 11.5 Å². The summed E-state index contributed by atoms with van der Waals surface area (Å²) < 4.78 is 1.96. The molecule has 0 atom stereocenters. The van der Waals surface area contributed by atoms with Crippen LogP contribution in [0.5, 0.6) is 0 Å². The van der Waals surface area contributed by atoms with E-state index in [0.717, 1.165) is 11.4 Å². The van der Waals surface area contributed by atoms with Gasteiger partial charge in [0.2, 0.25) is 6.33 Å². The number of nitrogens with one attached hydrogen (secondary N) is 1. The number of hydrogen-bond acceptors (Lipinski definition) is 1. The second-order valence-corrected chi connectivity index (χ2v) is 3.07. The van der Waals surface area contributed by atoms with Crippen LogP contribution in [0.15, 0.2) is 48.0 Å². The molecule has 0 aliphatic heterocycles. The van der Waals surface area contributed by atoms with E-state index in [1.54, 1.807) is 0 Å². The number of H-pyrrole nitrogens is 1. The van der Waals surface area contributed by atoms with Crippen molar-refractivity contribution in [3.63, 3.8) is 0 Å². The lowest BCUT2D eigenvalue weighted by Crippen LogP contribution is -2.26. The number of guanidine groups is 1. The molecule has 0 unspecified atom stereocenters. The standard InChI is InChI=1S/C10H11N5/c11-10(12)14-8-1-3-9(4-2-8)15-6-5-13-7-15/h1-7H,(H4,11,12,14)/p+1. The van der Waals surface area contributed by atoms with Crippen molar-refractivity contribution in [2.75, 3.05) is 0 Å². The minimum absolute atomic E-state index is 0.0667. The minimum Gasteiger partial charge on any atom is -0.370 e. The summed E-state index contributed by atoms with van der Waals surface area (Å²) in [4.78, 5) is 6.91. The molecule has 0 bridgehead atoms.